The summed E-state index contributed by atoms with van der Waals surface area (Å²) in [7, 11) is 0. The van der Waals surface area contributed by atoms with Crippen LogP contribution in [0.5, 0.6) is 5.88 Å². The third kappa shape index (κ3) is 4.80. The summed E-state index contributed by atoms with van der Waals surface area (Å²) in [5, 5.41) is 4.33. The average molecular weight is 459 g/mol. The molecule has 172 valence electrons. The Morgan fingerprint density at radius 3 is 2.53 bits per heavy atom. The van der Waals surface area contributed by atoms with Gasteiger partial charge < -0.3 is 4.74 Å². The summed E-state index contributed by atoms with van der Waals surface area (Å²) in [5.74, 6) is 1.01. The van der Waals surface area contributed by atoms with Crippen LogP contribution in [-0.4, -0.2) is 27.3 Å². The topological polar surface area (TPSA) is 95.3 Å². The molecule has 0 saturated heterocycles. The van der Waals surface area contributed by atoms with Crippen molar-refractivity contribution in [3.05, 3.63) is 50.0 Å². The number of rotatable bonds is 5. The molecule has 1 aliphatic carbocycles. The molecule has 0 radical (unpaired) electrons. The van der Waals surface area contributed by atoms with E-state index in [0.29, 0.717) is 23.6 Å². The van der Waals surface area contributed by atoms with E-state index in [4.69, 9.17) is 14.7 Å². The van der Waals surface area contributed by atoms with E-state index >= 15 is 0 Å². The first kappa shape index (κ1) is 24.2. The first-order chi connectivity index (χ1) is 15.5. The fourth-order valence-electron chi connectivity index (χ4n) is 4.65. The minimum atomic E-state index is -0.228. The lowest BCUT2D eigenvalue weighted by Gasteiger charge is -2.22. The molecule has 1 aromatic heterocycles. The van der Waals surface area contributed by atoms with Crippen molar-refractivity contribution >= 4 is 23.5 Å². The molecule has 0 atom stereocenters. The lowest BCUT2D eigenvalue weighted by atomic mass is 9.89. The zero-order chi connectivity index (χ0) is 23.3. The standard InChI is InChI=1S/C24H30N2O3S.O2/c1-4-26-23(29-24(28)17-9-6-5-7-10-17)20(14-25-26)21(27)19-13-15(2)22-18(16(19)3)11-8-12-30-22;1-2/h13-14,17H,4-12H2,1-3H3;. The lowest BCUT2D eigenvalue weighted by Crippen LogP contribution is -2.24. The van der Waals surface area contributed by atoms with Gasteiger partial charge in [-0.1, -0.05) is 19.3 Å². The molecule has 0 amide bonds. The van der Waals surface area contributed by atoms with Crippen molar-refractivity contribution in [3.8, 4) is 5.88 Å². The van der Waals surface area contributed by atoms with Crippen molar-refractivity contribution in [1.29, 1.82) is 0 Å². The fourth-order valence-corrected chi connectivity index (χ4v) is 5.86. The number of nitrogens with zero attached hydrogens (tertiary/aromatic N) is 2. The van der Waals surface area contributed by atoms with Crippen LogP contribution in [0.4, 0.5) is 0 Å². The fraction of sp³-hybridized carbons (Fsp3) is 0.542. The molecule has 0 unspecified atom stereocenters. The van der Waals surface area contributed by atoms with Gasteiger partial charge in [-0.2, -0.15) is 5.10 Å². The number of benzene rings is 1. The van der Waals surface area contributed by atoms with Gasteiger partial charge in [0, 0.05) is 26.9 Å². The predicted molar refractivity (Wildman–Crippen MR) is 125 cm³/mol. The van der Waals surface area contributed by atoms with E-state index in [-0.39, 0.29) is 17.7 Å². The summed E-state index contributed by atoms with van der Waals surface area (Å²) < 4.78 is 7.42. The van der Waals surface area contributed by atoms with Crippen LogP contribution >= 0.6 is 11.8 Å². The third-order valence-electron chi connectivity index (χ3n) is 6.38. The molecule has 2 aromatic rings. The summed E-state index contributed by atoms with van der Waals surface area (Å²) >= 11 is 1.88. The molecular formula is C24H30N2O5S. The van der Waals surface area contributed by atoms with Gasteiger partial charge in [0.2, 0.25) is 5.88 Å². The van der Waals surface area contributed by atoms with Crippen LogP contribution in [0.15, 0.2) is 17.2 Å². The second-order valence-electron chi connectivity index (χ2n) is 8.39. The normalized spacial score (nSPS) is 16.0. The highest BCUT2D eigenvalue weighted by Gasteiger charge is 2.29. The first-order valence-corrected chi connectivity index (χ1v) is 12.2. The highest BCUT2D eigenvalue weighted by atomic mass is 32.2. The van der Waals surface area contributed by atoms with Crippen LogP contribution in [0.3, 0.4) is 0 Å². The second-order valence-corrected chi connectivity index (χ2v) is 9.50. The van der Waals surface area contributed by atoms with Crippen molar-refractivity contribution in [2.75, 3.05) is 5.75 Å². The van der Waals surface area contributed by atoms with Crippen molar-refractivity contribution < 1.29 is 14.3 Å². The van der Waals surface area contributed by atoms with Crippen molar-refractivity contribution in [2.24, 2.45) is 5.92 Å². The Bertz CT molecular complexity index is 995. The van der Waals surface area contributed by atoms with Crippen LogP contribution in [0.2, 0.25) is 0 Å². The number of fused-ring (bicyclic) bond motifs is 1. The molecule has 2 heterocycles. The van der Waals surface area contributed by atoms with Gasteiger partial charge in [-0.25, -0.2) is 4.68 Å². The van der Waals surface area contributed by atoms with Gasteiger partial charge >= 0.3 is 5.97 Å². The van der Waals surface area contributed by atoms with Crippen LogP contribution in [0, 0.1) is 29.7 Å². The number of ether oxygens (including phenoxy) is 1. The van der Waals surface area contributed by atoms with E-state index in [1.807, 2.05) is 31.7 Å². The minimum absolute atomic E-state index is 0.0772. The number of aromatic nitrogens is 2. The minimum Gasteiger partial charge on any atom is -0.407 e. The number of carbonyl (C=O) groups excluding carboxylic acids is 2. The maximum Gasteiger partial charge on any atom is 0.315 e. The number of hydrogen-bond acceptors (Lipinski definition) is 7. The van der Waals surface area contributed by atoms with Crippen LogP contribution < -0.4 is 4.74 Å². The molecule has 32 heavy (non-hydrogen) atoms. The summed E-state index contributed by atoms with van der Waals surface area (Å²) in [6.07, 6.45) is 8.72. The first-order valence-electron chi connectivity index (χ1n) is 11.3. The quantitative estimate of drug-likeness (QED) is 0.441. The van der Waals surface area contributed by atoms with Gasteiger partial charge in [0.1, 0.15) is 5.56 Å². The average Bonchev–Trinajstić information content (AvgIpc) is 3.25. The Labute approximate surface area is 192 Å². The molecule has 0 spiro atoms. The second kappa shape index (κ2) is 10.9. The number of hydrogen-bond donors (Lipinski definition) is 0. The maximum atomic E-state index is 13.6. The predicted octanol–water partition coefficient (Wildman–Crippen LogP) is 5.34. The van der Waals surface area contributed by atoms with Gasteiger partial charge in [0.15, 0.2) is 5.78 Å². The molecule has 1 saturated carbocycles. The SMILES string of the molecule is CCn1ncc(C(=O)c2cc(C)c3c(c2C)CCCS3)c1OC(=O)C1CCCCC1.O=O. The molecule has 0 N–H and O–H groups in total. The smallest absolute Gasteiger partial charge is 0.315 e. The van der Waals surface area contributed by atoms with Crippen molar-refractivity contribution in [2.45, 2.75) is 77.2 Å². The molecule has 7 nitrogen and oxygen atoms in total. The Hall–Kier alpha value is -2.48. The van der Waals surface area contributed by atoms with Gasteiger partial charge in [0.25, 0.3) is 0 Å². The molecule has 2 aliphatic rings. The Morgan fingerprint density at radius 1 is 1.12 bits per heavy atom. The monoisotopic (exact) mass is 458 g/mol. The molecule has 1 fully saturated rings. The number of thioether (sulfide) groups is 1. The highest BCUT2D eigenvalue weighted by Crippen LogP contribution is 2.37. The number of ketones is 1. The molecule has 1 aromatic carbocycles. The van der Waals surface area contributed by atoms with Gasteiger partial charge in [-0.15, -0.1) is 11.8 Å². The largest absolute Gasteiger partial charge is 0.407 e. The number of esters is 1. The van der Waals surface area contributed by atoms with Gasteiger partial charge in [-0.3, -0.25) is 9.59 Å². The van der Waals surface area contributed by atoms with Gasteiger partial charge in [-0.05, 0) is 75.0 Å². The van der Waals surface area contributed by atoms with E-state index in [9.17, 15) is 9.59 Å². The van der Waals surface area contributed by atoms with E-state index < -0.39 is 0 Å². The molecule has 1 aliphatic heterocycles. The van der Waals surface area contributed by atoms with Crippen LogP contribution in [-0.2, 0) is 17.8 Å². The van der Waals surface area contributed by atoms with Gasteiger partial charge in [0.05, 0.1) is 12.1 Å². The highest BCUT2D eigenvalue weighted by molar-refractivity contribution is 7.99. The maximum absolute atomic E-state index is 13.6. The van der Waals surface area contributed by atoms with E-state index in [1.165, 1.54) is 16.9 Å². The number of carbonyl (C=O) groups is 2. The molecule has 8 heteroatoms. The summed E-state index contributed by atoms with van der Waals surface area (Å²) in [6, 6.07) is 1.99. The summed E-state index contributed by atoms with van der Waals surface area (Å²) in [4.78, 5) is 41.7. The van der Waals surface area contributed by atoms with E-state index in [1.54, 1.807) is 10.9 Å². The molecule has 0 bridgehead atoms. The van der Waals surface area contributed by atoms with Crippen molar-refractivity contribution in [3.63, 3.8) is 0 Å². The summed E-state index contributed by atoms with van der Waals surface area (Å²) in [5.41, 5.74) is 4.55. The Kier molecular flexibility index (Phi) is 8.23. The van der Waals surface area contributed by atoms with E-state index in [2.05, 4.69) is 12.0 Å². The molecular weight excluding hydrogens is 428 g/mol. The Balaban J connectivity index is 0.00000141. The van der Waals surface area contributed by atoms with Crippen LogP contribution in [0.25, 0.3) is 0 Å². The lowest BCUT2D eigenvalue weighted by molar-refractivity contribution is -0.140. The van der Waals surface area contributed by atoms with E-state index in [0.717, 1.165) is 55.4 Å². The zero-order valence-electron chi connectivity index (χ0n) is 18.9. The Morgan fingerprint density at radius 2 is 1.84 bits per heavy atom. The number of aryl methyl sites for hydroxylation is 2. The van der Waals surface area contributed by atoms with Crippen LogP contribution in [0.1, 0.15) is 78.1 Å². The van der Waals surface area contributed by atoms with Crippen molar-refractivity contribution in [1.82, 2.24) is 9.78 Å². The zero-order valence-corrected chi connectivity index (χ0v) is 19.8. The summed E-state index contributed by atoms with van der Waals surface area (Å²) in [6.45, 7) is 6.59. The third-order valence-corrected chi connectivity index (χ3v) is 7.73. The molecule has 4 rings (SSSR count).